The van der Waals surface area contributed by atoms with Crippen LogP contribution in [0.4, 0.5) is 0 Å². The Kier molecular flexibility index (Phi) is 5.31. The zero-order valence-electron chi connectivity index (χ0n) is 26.1. The maximum atomic E-state index is 5.45. The van der Waals surface area contributed by atoms with Crippen LogP contribution >= 0.6 is 0 Å². The Morgan fingerprint density at radius 1 is 0.532 bits per heavy atom. The number of aromatic nitrogens is 4. The molecule has 3 aromatic heterocycles. The Morgan fingerprint density at radius 3 is 2.17 bits per heavy atom. The number of fused-ring (bicyclic) bond motifs is 9. The number of hydrogen-bond acceptors (Lipinski definition) is 2. The van der Waals surface area contributed by atoms with Crippen LogP contribution in [0, 0.1) is 0 Å². The van der Waals surface area contributed by atoms with Crippen LogP contribution in [0.2, 0.25) is 0 Å². The normalized spacial score (nSPS) is 13.5. The molecule has 4 nitrogen and oxygen atoms in total. The molecular formula is C43H30N4. The molecule has 222 valence electrons. The maximum absolute atomic E-state index is 5.45. The Bertz CT molecular complexity index is 2710. The van der Waals surface area contributed by atoms with E-state index in [0.29, 0.717) is 5.95 Å². The third-order valence-electron chi connectivity index (χ3n) is 10.2. The summed E-state index contributed by atoms with van der Waals surface area (Å²) in [4.78, 5) is 10.7. The van der Waals surface area contributed by atoms with Crippen molar-refractivity contribution in [2.75, 3.05) is 0 Å². The smallest absolute Gasteiger partial charge is 0.235 e. The van der Waals surface area contributed by atoms with Crippen molar-refractivity contribution >= 4 is 43.6 Å². The van der Waals surface area contributed by atoms with Crippen molar-refractivity contribution < 1.29 is 0 Å². The molecule has 0 N–H and O–H groups in total. The fourth-order valence-corrected chi connectivity index (χ4v) is 7.93. The van der Waals surface area contributed by atoms with Crippen LogP contribution in [0.25, 0.3) is 77.6 Å². The number of hydrogen-bond donors (Lipinski definition) is 0. The van der Waals surface area contributed by atoms with E-state index in [1.165, 1.54) is 33.0 Å². The zero-order valence-corrected chi connectivity index (χ0v) is 26.1. The van der Waals surface area contributed by atoms with Gasteiger partial charge in [0, 0.05) is 44.4 Å². The summed E-state index contributed by atoms with van der Waals surface area (Å²) in [5.41, 5.74) is 12.7. The second-order valence-electron chi connectivity index (χ2n) is 13.1. The average molecular weight is 603 g/mol. The van der Waals surface area contributed by atoms with Crippen molar-refractivity contribution in [3.8, 4) is 34.0 Å². The highest BCUT2D eigenvalue weighted by atomic mass is 15.2. The van der Waals surface area contributed by atoms with Gasteiger partial charge >= 0.3 is 0 Å². The maximum Gasteiger partial charge on any atom is 0.235 e. The van der Waals surface area contributed by atoms with Crippen LogP contribution in [0.1, 0.15) is 25.0 Å². The highest BCUT2D eigenvalue weighted by Gasteiger charge is 2.35. The van der Waals surface area contributed by atoms with Gasteiger partial charge in [-0.2, -0.15) is 0 Å². The van der Waals surface area contributed by atoms with Gasteiger partial charge in [-0.25, -0.2) is 9.97 Å². The first-order valence-corrected chi connectivity index (χ1v) is 16.2. The lowest BCUT2D eigenvalue weighted by Gasteiger charge is -2.22. The zero-order chi connectivity index (χ0) is 31.3. The molecule has 47 heavy (non-hydrogen) atoms. The minimum Gasteiger partial charge on any atom is -0.316 e. The molecule has 0 spiro atoms. The molecule has 10 rings (SSSR count). The first-order valence-electron chi connectivity index (χ1n) is 16.2. The van der Waals surface area contributed by atoms with Gasteiger partial charge in [0.1, 0.15) is 0 Å². The molecule has 0 radical (unpaired) electrons. The number of rotatable bonds is 3. The molecule has 0 atom stereocenters. The third kappa shape index (κ3) is 3.64. The van der Waals surface area contributed by atoms with E-state index in [2.05, 4.69) is 169 Å². The van der Waals surface area contributed by atoms with Crippen molar-refractivity contribution in [2.45, 2.75) is 19.3 Å². The average Bonchev–Trinajstić information content (AvgIpc) is 3.77. The molecule has 0 amide bonds. The Morgan fingerprint density at radius 2 is 1.28 bits per heavy atom. The summed E-state index contributed by atoms with van der Waals surface area (Å²) in [5, 5.41) is 4.59. The topological polar surface area (TPSA) is 35.6 Å². The summed E-state index contributed by atoms with van der Waals surface area (Å²) in [5.74, 6) is 0.674. The molecule has 0 aliphatic heterocycles. The van der Waals surface area contributed by atoms with Crippen LogP contribution in [-0.2, 0) is 5.41 Å². The molecular weight excluding hydrogens is 573 g/mol. The molecule has 0 unspecified atom stereocenters. The Labute approximate surface area is 272 Å². The quantitative estimate of drug-likeness (QED) is 0.202. The van der Waals surface area contributed by atoms with Crippen LogP contribution < -0.4 is 0 Å². The molecule has 6 aromatic carbocycles. The van der Waals surface area contributed by atoms with Gasteiger partial charge in [-0.05, 0) is 64.7 Å². The van der Waals surface area contributed by atoms with Gasteiger partial charge in [-0.3, -0.25) is 4.57 Å². The monoisotopic (exact) mass is 602 g/mol. The molecule has 3 heterocycles. The van der Waals surface area contributed by atoms with E-state index in [0.717, 1.165) is 49.8 Å². The van der Waals surface area contributed by atoms with Crippen molar-refractivity contribution in [3.05, 3.63) is 157 Å². The molecule has 1 aliphatic carbocycles. The van der Waals surface area contributed by atoms with Gasteiger partial charge in [-0.1, -0.05) is 111 Å². The molecule has 0 fully saturated rings. The van der Waals surface area contributed by atoms with Crippen LogP contribution in [0.15, 0.2) is 146 Å². The molecule has 9 aromatic rings. The van der Waals surface area contributed by atoms with E-state index in [9.17, 15) is 0 Å². The molecule has 0 saturated carbocycles. The largest absolute Gasteiger partial charge is 0.316 e. The second-order valence-corrected chi connectivity index (χ2v) is 13.1. The van der Waals surface area contributed by atoms with E-state index < -0.39 is 0 Å². The van der Waals surface area contributed by atoms with Crippen LogP contribution in [0.3, 0.4) is 0 Å². The van der Waals surface area contributed by atoms with Crippen molar-refractivity contribution in [3.63, 3.8) is 0 Å². The molecule has 4 heteroatoms. The van der Waals surface area contributed by atoms with Crippen molar-refractivity contribution in [1.82, 2.24) is 19.1 Å². The number of benzene rings is 6. The highest BCUT2D eigenvalue weighted by Crippen LogP contribution is 2.49. The summed E-state index contributed by atoms with van der Waals surface area (Å²) >= 11 is 0. The standard InChI is InChI=1S/C43H30N4/c1-43(2)35-17-9-6-14-29(35)30-21-20-27(26-36(30)43)40-33-16-7-10-18-37(33)44-42(45-40)47-39-19-11-8-15-31(39)32-22-23-38-34(41(32)47)24-25-46(38)28-12-4-3-5-13-28/h3-26H,1-2H3. The first-order chi connectivity index (χ1) is 23.1. The lowest BCUT2D eigenvalue weighted by molar-refractivity contribution is 0.660. The van der Waals surface area contributed by atoms with E-state index >= 15 is 0 Å². The minimum absolute atomic E-state index is 0.0993. The van der Waals surface area contributed by atoms with Gasteiger partial charge in [-0.15, -0.1) is 0 Å². The van der Waals surface area contributed by atoms with Crippen molar-refractivity contribution in [2.24, 2.45) is 0 Å². The van der Waals surface area contributed by atoms with Crippen LogP contribution in [-0.4, -0.2) is 19.1 Å². The lowest BCUT2D eigenvalue weighted by atomic mass is 9.82. The molecule has 0 bridgehead atoms. The third-order valence-corrected chi connectivity index (χ3v) is 10.2. The second kappa shape index (κ2) is 9.51. The van der Waals surface area contributed by atoms with Gasteiger partial charge in [0.25, 0.3) is 0 Å². The van der Waals surface area contributed by atoms with E-state index in [4.69, 9.17) is 9.97 Å². The van der Waals surface area contributed by atoms with Gasteiger partial charge in [0.05, 0.1) is 27.8 Å². The molecule has 0 saturated heterocycles. The van der Waals surface area contributed by atoms with E-state index in [1.54, 1.807) is 0 Å². The lowest BCUT2D eigenvalue weighted by Crippen LogP contribution is -2.15. The summed E-state index contributed by atoms with van der Waals surface area (Å²) in [6.07, 6.45) is 2.17. The van der Waals surface area contributed by atoms with Gasteiger partial charge in [0.15, 0.2) is 0 Å². The first kappa shape index (κ1) is 26.2. The Balaban J connectivity index is 1.26. The predicted octanol–water partition coefficient (Wildman–Crippen LogP) is 10.6. The molecule has 1 aliphatic rings. The van der Waals surface area contributed by atoms with Crippen LogP contribution in [0.5, 0.6) is 0 Å². The van der Waals surface area contributed by atoms with Gasteiger partial charge < -0.3 is 4.57 Å². The summed E-state index contributed by atoms with van der Waals surface area (Å²) in [6, 6.07) is 49.9. The fourth-order valence-electron chi connectivity index (χ4n) is 7.93. The predicted molar refractivity (Wildman–Crippen MR) is 194 cm³/mol. The Hall–Kier alpha value is -6.00. The minimum atomic E-state index is -0.0993. The summed E-state index contributed by atoms with van der Waals surface area (Å²) in [7, 11) is 0. The van der Waals surface area contributed by atoms with Gasteiger partial charge in [0.2, 0.25) is 5.95 Å². The van der Waals surface area contributed by atoms with E-state index in [1.807, 2.05) is 0 Å². The SMILES string of the molecule is CC1(C)c2ccccc2-c2ccc(-c3nc(-n4c5ccccc5c5ccc6c(ccn6-c6ccccc6)c54)nc4ccccc34)cc21. The summed E-state index contributed by atoms with van der Waals surface area (Å²) < 4.78 is 4.53. The highest BCUT2D eigenvalue weighted by molar-refractivity contribution is 6.18. The fraction of sp³-hybridized carbons (Fsp3) is 0.0698. The number of nitrogens with zero attached hydrogens (tertiary/aromatic N) is 4. The van der Waals surface area contributed by atoms with E-state index in [-0.39, 0.29) is 5.41 Å². The van der Waals surface area contributed by atoms with Crippen molar-refractivity contribution in [1.29, 1.82) is 0 Å². The summed E-state index contributed by atoms with van der Waals surface area (Å²) in [6.45, 7) is 4.66. The number of para-hydroxylation sites is 3.